The van der Waals surface area contributed by atoms with Gasteiger partial charge in [0.15, 0.2) is 5.96 Å². The van der Waals surface area contributed by atoms with Crippen LogP contribution in [0.2, 0.25) is 0 Å². The first-order valence-corrected chi connectivity index (χ1v) is 9.61. The number of pyridine rings is 1. The van der Waals surface area contributed by atoms with Crippen LogP contribution >= 0.6 is 24.0 Å². The molecular weight excluding hydrogens is 486 g/mol. The molecule has 1 saturated heterocycles. The van der Waals surface area contributed by atoms with Crippen molar-refractivity contribution in [2.45, 2.75) is 38.8 Å². The number of guanidine groups is 1. The molecule has 1 unspecified atom stereocenters. The molecule has 158 valence electrons. The summed E-state index contributed by atoms with van der Waals surface area (Å²) in [5.74, 6) is 1.45. The normalized spacial score (nSPS) is 18.8. The maximum absolute atomic E-state index is 12.9. The molecule has 0 saturated carbocycles. The standard InChI is InChI=1S/C21H27FN4O2.HI/c1-3-23-20(26-15-21(2)11-4-12-27-21)25-14-16-5-10-19(24-13-16)28-18-8-6-17(22)7-9-18;/h5-10,13H,3-4,11-12,14-15H2,1-2H3,(H2,23,25,26);1H. The van der Waals surface area contributed by atoms with Crippen molar-refractivity contribution in [3.05, 3.63) is 54.0 Å². The Labute approximate surface area is 188 Å². The van der Waals surface area contributed by atoms with E-state index in [-0.39, 0.29) is 35.4 Å². The van der Waals surface area contributed by atoms with E-state index in [1.54, 1.807) is 24.4 Å². The van der Waals surface area contributed by atoms with Crippen LogP contribution in [-0.2, 0) is 11.3 Å². The molecule has 1 atom stereocenters. The Balaban J connectivity index is 0.00000300. The van der Waals surface area contributed by atoms with Crippen molar-refractivity contribution >= 4 is 29.9 Å². The zero-order valence-electron chi connectivity index (χ0n) is 16.8. The van der Waals surface area contributed by atoms with E-state index in [9.17, 15) is 4.39 Å². The first-order valence-electron chi connectivity index (χ1n) is 9.61. The molecule has 0 spiro atoms. The average Bonchev–Trinajstić information content (AvgIpc) is 3.14. The summed E-state index contributed by atoms with van der Waals surface area (Å²) in [4.78, 5) is 8.91. The van der Waals surface area contributed by atoms with Crippen molar-refractivity contribution in [1.29, 1.82) is 0 Å². The Kier molecular flexibility index (Phi) is 9.09. The van der Waals surface area contributed by atoms with Crippen LogP contribution in [0.3, 0.4) is 0 Å². The Morgan fingerprint density at radius 3 is 2.66 bits per heavy atom. The Morgan fingerprint density at radius 2 is 2.03 bits per heavy atom. The summed E-state index contributed by atoms with van der Waals surface area (Å²) in [6.45, 7) is 6.99. The summed E-state index contributed by atoms with van der Waals surface area (Å²) in [5.41, 5.74) is 0.837. The monoisotopic (exact) mass is 514 g/mol. The van der Waals surface area contributed by atoms with Gasteiger partial charge in [0.05, 0.1) is 12.1 Å². The van der Waals surface area contributed by atoms with E-state index in [1.165, 1.54) is 12.1 Å². The second-order valence-electron chi connectivity index (χ2n) is 7.01. The van der Waals surface area contributed by atoms with E-state index in [0.717, 1.165) is 44.1 Å². The molecule has 1 fully saturated rings. The zero-order chi connectivity index (χ0) is 19.8. The van der Waals surface area contributed by atoms with Crippen LogP contribution in [-0.4, -0.2) is 36.2 Å². The van der Waals surface area contributed by atoms with Crippen molar-refractivity contribution in [1.82, 2.24) is 15.6 Å². The number of rotatable bonds is 7. The summed E-state index contributed by atoms with van der Waals surface area (Å²) in [7, 11) is 0. The lowest BCUT2D eigenvalue weighted by atomic mass is 10.0. The quantitative estimate of drug-likeness (QED) is 0.329. The number of nitrogens with one attached hydrogen (secondary N) is 2. The minimum Gasteiger partial charge on any atom is -0.439 e. The Morgan fingerprint density at radius 1 is 1.24 bits per heavy atom. The van der Waals surface area contributed by atoms with Gasteiger partial charge < -0.3 is 20.1 Å². The summed E-state index contributed by atoms with van der Waals surface area (Å²) >= 11 is 0. The Hall–Kier alpha value is -1.94. The van der Waals surface area contributed by atoms with E-state index in [1.807, 2.05) is 13.0 Å². The van der Waals surface area contributed by atoms with Crippen LogP contribution < -0.4 is 15.4 Å². The molecule has 0 radical (unpaired) electrons. The first kappa shape index (κ1) is 23.3. The molecule has 1 aromatic carbocycles. The second kappa shape index (κ2) is 11.3. The molecule has 0 bridgehead atoms. The maximum Gasteiger partial charge on any atom is 0.219 e. The minimum atomic E-state index is -0.299. The highest BCUT2D eigenvalue weighted by Gasteiger charge is 2.29. The molecule has 0 amide bonds. The van der Waals surface area contributed by atoms with Crippen molar-refractivity contribution in [2.75, 3.05) is 19.7 Å². The number of nitrogens with zero attached hydrogens (tertiary/aromatic N) is 2. The summed E-state index contributed by atoms with van der Waals surface area (Å²) in [6.07, 6.45) is 3.88. The van der Waals surface area contributed by atoms with Crippen molar-refractivity contribution in [3.63, 3.8) is 0 Å². The summed E-state index contributed by atoms with van der Waals surface area (Å²) in [5, 5.41) is 6.61. The molecule has 1 aromatic heterocycles. The molecule has 8 heteroatoms. The number of halogens is 2. The molecule has 3 rings (SSSR count). The van der Waals surface area contributed by atoms with E-state index in [4.69, 9.17) is 9.47 Å². The lowest BCUT2D eigenvalue weighted by Crippen LogP contribution is -2.45. The van der Waals surface area contributed by atoms with Crippen molar-refractivity contribution in [3.8, 4) is 11.6 Å². The number of hydrogen-bond acceptors (Lipinski definition) is 4. The molecule has 6 nitrogen and oxygen atoms in total. The van der Waals surface area contributed by atoms with Crippen LogP contribution in [0.1, 0.15) is 32.3 Å². The molecule has 1 aliphatic heterocycles. The predicted octanol–water partition coefficient (Wildman–Crippen LogP) is 4.26. The highest BCUT2D eigenvalue weighted by molar-refractivity contribution is 14.0. The summed E-state index contributed by atoms with van der Waals surface area (Å²) in [6, 6.07) is 9.54. The third-order valence-corrected chi connectivity index (χ3v) is 4.53. The number of aromatic nitrogens is 1. The fraction of sp³-hybridized carbons (Fsp3) is 0.429. The van der Waals surface area contributed by atoms with Gasteiger partial charge in [0.1, 0.15) is 11.6 Å². The van der Waals surface area contributed by atoms with Gasteiger partial charge in [-0.2, -0.15) is 0 Å². The Bertz CT molecular complexity index is 778. The average molecular weight is 514 g/mol. The number of hydrogen-bond donors (Lipinski definition) is 2. The van der Waals surface area contributed by atoms with Gasteiger partial charge in [-0.15, -0.1) is 24.0 Å². The largest absolute Gasteiger partial charge is 0.439 e. The molecule has 29 heavy (non-hydrogen) atoms. The molecular formula is C21H28FIN4O2. The third kappa shape index (κ3) is 7.43. The van der Waals surface area contributed by atoms with Crippen LogP contribution in [0.4, 0.5) is 4.39 Å². The van der Waals surface area contributed by atoms with Crippen LogP contribution in [0.5, 0.6) is 11.6 Å². The lowest BCUT2D eigenvalue weighted by molar-refractivity contribution is 0.0243. The maximum atomic E-state index is 12.9. The van der Waals surface area contributed by atoms with E-state index in [0.29, 0.717) is 18.2 Å². The predicted molar refractivity (Wildman–Crippen MR) is 123 cm³/mol. The smallest absolute Gasteiger partial charge is 0.219 e. The lowest BCUT2D eigenvalue weighted by Gasteiger charge is -2.24. The van der Waals surface area contributed by atoms with E-state index < -0.39 is 0 Å². The SMILES string of the molecule is CCNC(=NCc1ccc(Oc2ccc(F)cc2)nc1)NCC1(C)CCCO1.I. The van der Waals surface area contributed by atoms with Crippen LogP contribution in [0.15, 0.2) is 47.6 Å². The van der Waals surface area contributed by atoms with E-state index in [2.05, 4.69) is 27.5 Å². The highest BCUT2D eigenvalue weighted by atomic mass is 127. The summed E-state index contributed by atoms with van der Waals surface area (Å²) < 4.78 is 24.4. The molecule has 2 N–H and O–H groups in total. The van der Waals surface area contributed by atoms with Gasteiger partial charge in [0, 0.05) is 32.0 Å². The van der Waals surface area contributed by atoms with Gasteiger partial charge >= 0.3 is 0 Å². The highest BCUT2D eigenvalue weighted by Crippen LogP contribution is 2.24. The fourth-order valence-electron chi connectivity index (χ4n) is 2.95. The molecule has 0 aliphatic carbocycles. The number of ether oxygens (including phenoxy) is 2. The fourth-order valence-corrected chi connectivity index (χ4v) is 2.95. The van der Waals surface area contributed by atoms with Gasteiger partial charge in [0.25, 0.3) is 0 Å². The van der Waals surface area contributed by atoms with Crippen LogP contribution in [0, 0.1) is 5.82 Å². The second-order valence-corrected chi connectivity index (χ2v) is 7.01. The molecule has 2 aromatic rings. The van der Waals surface area contributed by atoms with Gasteiger partial charge in [0.2, 0.25) is 5.88 Å². The molecule has 1 aliphatic rings. The minimum absolute atomic E-state index is 0. The van der Waals surface area contributed by atoms with E-state index >= 15 is 0 Å². The van der Waals surface area contributed by atoms with Crippen molar-refractivity contribution < 1.29 is 13.9 Å². The zero-order valence-corrected chi connectivity index (χ0v) is 19.1. The van der Waals surface area contributed by atoms with Gasteiger partial charge in [-0.05, 0) is 56.5 Å². The number of benzene rings is 1. The topological polar surface area (TPSA) is 67.8 Å². The van der Waals surface area contributed by atoms with Gasteiger partial charge in [-0.1, -0.05) is 6.07 Å². The van der Waals surface area contributed by atoms with Crippen molar-refractivity contribution in [2.24, 2.45) is 4.99 Å². The number of aliphatic imine (C=N–C) groups is 1. The third-order valence-electron chi connectivity index (χ3n) is 4.53. The van der Waals surface area contributed by atoms with Gasteiger partial charge in [-0.3, -0.25) is 0 Å². The van der Waals surface area contributed by atoms with Gasteiger partial charge in [-0.25, -0.2) is 14.4 Å². The molecule has 2 heterocycles. The van der Waals surface area contributed by atoms with Crippen LogP contribution in [0.25, 0.3) is 0 Å². The first-order chi connectivity index (χ1) is 13.6.